The Bertz CT molecular complexity index is 480. The minimum atomic E-state index is -0.426. The molecule has 0 aliphatic heterocycles. The van der Waals surface area contributed by atoms with Crippen molar-refractivity contribution in [1.82, 2.24) is 9.97 Å². The van der Waals surface area contributed by atoms with E-state index >= 15 is 0 Å². The molecule has 0 aliphatic rings. The molecule has 0 saturated carbocycles. The van der Waals surface area contributed by atoms with Gasteiger partial charge in [0.25, 0.3) is 0 Å². The van der Waals surface area contributed by atoms with Crippen molar-refractivity contribution in [2.45, 2.75) is 0 Å². The minimum Gasteiger partial charge on any atom is -0.396 e. The fourth-order valence-electron chi connectivity index (χ4n) is 1.16. The van der Waals surface area contributed by atoms with Crippen LogP contribution in [0.3, 0.4) is 0 Å². The van der Waals surface area contributed by atoms with E-state index in [2.05, 4.69) is 15.3 Å². The summed E-state index contributed by atoms with van der Waals surface area (Å²) >= 11 is 5.70. The predicted octanol–water partition coefficient (Wildman–Crippen LogP) is 2.59. The normalized spacial score (nSPS) is 10.1. The fourth-order valence-corrected chi connectivity index (χ4v) is 1.38. The first kappa shape index (κ1) is 10.6. The first-order valence-corrected chi connectivity index (χ1v) is 4.82. The topological polar surface area (TPSA) is 63.8 Å². The van der Waals surface area contributed by atoms with Crippen molar-refractivity contribution in [3.8, 4) is 0 Å². The maximum Gasteiger partial charge on any atom is 0.227 e. The zero-order valence-corrected chi connectivity index (χ0v) is 8.87. The highest BCUT2D eigenvalue weighted by Gasteiger charge is 2.01. The summed E-state index contributed by atoms with van der Waals surface area (Å²) in [6, 6.07) is 4.09. The lowest BCUT2D eigenvalue weighted by Gasteiger charge is -2.05. The summed E-state index contributed by atoms with van der Waals surface area (Å²) in [5.74, 6) is -0.0960. The number of nitrogen functional groups attached to an aromatic ring is 1. The summed E-state index contributed by atoms with van der Waals surface area (Å²) in [5, 5.41) is 3.11. The lowest BCUT2D eigenvalue weighted by molar-refractivity contribution is 0.628. The average molecular weight is 239 g/mol. The molecule has 82 valence electrons. The largest absolute Gasteiger partial charge is 0.396 e. The van der Waals surface area contributed by atoms with Gasteiger partial charge in [0, 0.05) is 10.7 Å². The Kier molecular flexibility index (Phi) is 2.87. The number of nitrogens with two attached hydrogens (primary N) is 1. The van der Waals surface area contributed by atoms with Crippen LogP contribution in [0.5, 0.6) is 0 Å². The molecule has 6 heteroatoms. The Morgan fingerprint density at radius 2 is 1.88 bits per heavy atom. The first-order chi connectivity index (χ1) is 7.63. The van der Waals surface area contributed by atoms with Crippen molar-refractivity contribution in [2.75, 3.05) is 11.1 Å². The monoisotopic (exact) mass is 238 g/mol. The van der Waals surface area contributed by atoms with Gasteiger partial charge in [-0.3, -0.25) is 0 Å². The number of halogens is 2. The van der Waals surface area contributed by atoms with Crippen LogP contribution in [0.1, 0.15) is 0 Å². The number of hydrogen-bond acceptors (Lipinski definition) is 4. The highest BCUT2D eigenvalue weighted by molar-refractivity contribution is 6.30. The van der Waals surface area contributed by atoms with E-state index in [4.69, 9.17) is 17.3 Å². The summed E-state index contributed by atoms with van der Waals surface area (Å²) < 4.78 is 13.0. The van der Waals surface area contributed by atoms with E-state index in [9.17, 15) is 4.39 Å². The third kappa shape index (κ3) is 2.58. The molecule has 2 rings (SSSR count). The number of nitrogens with one attached hydrogen (secondary N) is 1. The van der Waals surface area contributed by atoms with Crippen LogP contribution in [0.2, 0.25) is 5.02 Å². The van der Waals surface area contributed by atoms with Crippen LogP contribution in [0, 0.1) is 5.82 Å². The van der Waals surface area contributed by atoms with Crippen LogP contribution in [-0.4, -0.2) is 9.97 Å². The van der Waals surface area contributed by atoms with Gasteiger partial charge in [-0.1, -0.05) is 11.6 Å². The van der Waals surface area contributed by atoms with Crippen molar-refractivity contribution in [3.05, 3.63) is 41.4 Å². The van der Waals surface area contributed by atoms with Gasteiger partial charge in [0.2, 0.25) is 5.95 Å². The predicted molar refractivity (Wildman–Crippen MR) is 61.1 cm³/mol. The first-order valence-electron chi connectivity index (χ1n) is 4.44. The highest BCUT2D eigenvalue weighted by atomic mass is 35.5. The van der Waals surface area contributed by atoms with Gasteiger partial charge in [-0.25, -0.2) is 14.4 Å². The van der Waals surface area contributed by atoms with Gasteiger partial charge in [-0.15, -0.1) is 0 Å². The van der Waals surface area contributed by atoms with E-state index in [-0.39, 0.29) is 0 Å². The third-order valence-electron chi connectivity index (χ3n) is 1.79. The lowest BCUT2D eigenvalue weighted by atomic mass is 10.3. The molecule has 0 aliphatic carbocycles. The van der Waals surface area contributed by atoms with Gasteiger partial charge < -0.3 is 11.1 Å². The zero-order chi connectivity index (χ0) is 11.5. The summed E-state index contributed by atoms with van der Waals surface area (Å²) in [6.45, 7) is 0. The maximum absolute atomic E-state index is 13.0. The number of nitrogens with zero attached hydrogens (tertiary/aromatic N) is 2. The number of rotatable bonds is 2. The van der Waals surface area contributed by atoms with E-state index in [1.807, 2.05) is 0 Å². The van der Waals surface area contributed by atoms with Crippen molar-refractivity contribution in [2.24, 2.45) is 0 Å². The highest BCUT2D eigenvalue weighted by Crippen LogP contribution is 2.20. The molecule has 4 nitrogen and oxygen atoms in total. The van der Waals surface area contributed by atoms with Crippen LogP contribution in [0.4, 0.5) is 21.7 Å². The second-order valence-corrected chi connectivity index (χ2v) is 3.56. The van der Waals surface area contributed by atoms with Crippen LogP contribution >= 0.6 is 11.6 Å². The van der Waals surface area contributed by atoms with Crippen molar-refractivity contribution >= 4 is 28.9 Å². The summed E-state index contributed by atoms with van der Waals surface area (Å²) in [4.78, 5) is 7.84. The molecule has 0 unspecified atom stereocenters. The summed E-state index contributed by atoms with van der Waals surface area (Å²) in [6.07, 6.45) is 2.91. The minimum absolute atomic E-state index is 0.304. The molecule has 2 aromatic rings. The van der Waals surface area contributed by atoms with Crippen LogP contribution in [0.25, 0.3) is 0 Å². The van der Waals surface area contributed by atoms with Gasteiger partial charge in [0.1, 0.15) is 5.82 Å². The van der Waals surface area contributed by atoms with E-state index < -0.39 is 5.82 Å². The molecule has 0 amide bonds. The number of anilines is 3. The number of benzene rings is 1. The Hall–Kier alpha value is -1.88. The van der Waals surface area contributed by atoms with E-state index in [1.54, 1.807) is 6.07 Å². The second kappa shape index (κ2) is 4.32. The lowest BCUT2D eigenvalue weighted by Crippen LogP contribution is -1.98. The Morgan fingerprint density at radius 1 is 1.19 bits per heavy atom. The molecule has 3 N–H and O–H groups in total. The van der Waals surface area contributed by atoms with Crippen LogP contribution < -0.4 is 11.1 Å². The molecular formula is C10H8ClFN4. The molecule has 0 spiro atoms. The SMILES string of the molecule is Nc1cnc(Nc2cc(F)cc(Cl)c2)nc1. The van der Waals surface area contributed by atoms with Crippen molar-refractivity contribution in [3.63, 3.8) is 0 Å². The standard InChI is InChI=1S/C10H8ClFN4/c11-6-1-7(12)3-9(2-6)16-10-14-4-8(13)5-15-10/h1-5H,13H2,(H,14,15,16). The molecule has 1 heterocycles. The average Bonchev–Trinajstić information content (AvgIpc) is 2.20. The van der Waals surface area contributed by atoms with Gasteiger partial charge in [-0.2, -0.15) is 0 Å². The molecule has 0 bridgehead atoms. The molecule has 0 atom stereocenters. The van der Waals surface area contributed by atoms with Gasteiger partial charge in [0.05, 0.1) is 18.1 Å². The number of hydrogen-bond donors (Lipinski definition) is 2. The quantitative estimate of drug-likeness (QED) is 0.844. The van der Waals surface area contributed by atoms with Gasteiger partial charge in [0.15, 0.2) is 0 Å². The molecule has 16 heavy (non-hydrogen) atoms. The third-order valence-corrected chi connectivity index (χ3v) is 2.01. The Morgan fingerprint density at radius 3 is 2.50 bits per heavy atom. The maximum atomic E-state index is 13.0. The fraction of sp³-hybridized carbons (Fsp3) is 0. The van der Waals surface area contributed by atoms with E-state index in [0.717, 1.165) is 0 Å². The Balaban J connectivity index is 2.23. The number of aromatic nitrogens is 2. The van der Waals surface area contributed by atoms with Gasteiger partial charge >= 0.3 is 0 Å². The zero-order valence-electron chi connectivity index (χ0n) is 8.11. The summed E-state index contributed by atoms with van der Waals surface area (Å²) in [5.41, 5.74) is 6.38. The van der Waals surface area contributed by atoms with Crippen LogP contribution in [0.15, 0.2) is 30.6 Å². The second-order valence-electron chi connectivity index (χ2n) is 3.12. The molecule has 0 saturated heterocycles. The van der Waals surface area contributed by atoms with Gasteiger partial charge in [-0.05, 0) is 18.2 Å². The van der Waals surface area contributed by atoms with E-state index in [0.29, 0.717) is 22.3 Å². The van der Waals surface area contributed by atoms with E-state index in [1.165, 1.54) is 24.5 Å². The molecule has 0 radical (unpaired) electrons. The molecular weight excluding hydrogens is 231 g/mol. The van der Waals surface area contributed by atoms with Crippen LogP contribution in [-0.2, 0) is 0 Å². The summed E-state index contributed by atoms with van der Waals surface area (Å²) in [7, 11) is 0. The Labute approximate surface area is 96.3 Å². The molecule has 0 fully saturated rings. The van der Waals surface area contributed by atoms with Crippen molar-refractivity contribution in [1.29, 1.82) is 0 Å². The molecule has 1 aromatic heterocycles. The smallest absolute Gasteiger partial charge is 0.227 e. The van der Waals surface area contributed by atoms with Crippen molar-refractivity contribution < 1.29 is 4.39 Å². The molecule has 1 aromatic carbocycles.